The molecule has 0 atom stereocenters. The number of thiazole rings is 1. The summed E-state index contributed by atoms with van der Waals surface area (Å²) in [4.78, 5) is 22.6. The Kier molecular flexibility index (Phi) is 7.50. The van der Waals surface area contributed by atoms with Gasteiger partial charge in [0.15, 0.2) is 10.8 Å². The summed E-state index contributed by atoms with van der Waals surface area (Å²) in [6.45, 7) is 5.58. The predicted octanol–water partition coefficient (Wildman–Crippen LogP) is 5.83. The first kappa shape index (κ1) is 25.1. The average Bonchev–Trinajstić information content (AvgIpc) is 3.34. The van der Waals surface area contributed by atoms with Crippen molar-refractivity contribution in [1.82, 2.24) is 10.3 Å². The topological polar surface area (TPSA) is 77.7 Å². The van der Waals surface area contributed by atoms with Crippen molar-refractivity contribution in [2.24, 2.45) is 5.16 Å². The zero-order valence-corrected chi connectivity index (χ0v) is 21.6. The lowest BCUT2D eigenvalue weighted by molar-refractivity contribution is -0.116. The minimum atomic E-state index is -0.725. The number of aromatic nitrogens is 1. The van der Waals surface area contributed by atoms with E-state index >= 15 is 0 Å². The van der Waals surface area contributed by atoms with Gasteiger partial charge in [-0.15, -0.1) is 11.3 Å². The summed E-state index contributed by atoms with van der Waals surface area (Å²) >= 11 is 1.40. The number of anilines is 1. The first-order chi connectivity index (χ1) is 17.3. The van der Waals surface area contributed by atoms with Gasteiger partial charge in [-0.3, -0.25) is 4.79 Å². The number of nitrogens with one attached hydrogen (secondary N) is 1. The number of carbonyl (C=O) groups excluding carboxylic acids is 1. The fourth-order valence-electron chi connectivity index (χ4n) is 4.03. The van der Waals surface area contributed by atoms with Gasteiger partial charge in [-0.1, -0.05) is 96.2 Å². The Balaban J connectivity index is 1.82. The van der Waals surface area contributed by atoms with Gasteiger partial charge in [0.05, 0.1) is 5.54 Å². The second-order valence-corrected chi connectivity index (χ2v) is 10.1. The highest BCUT2D eigenvalue weighted by molar-refractivity contribution is 7.14. The lowest BCUT2D eigenvalue weighted by Gasteiger charge is -2.36. The first-order valence-corrected chi connectivity index (χ1v) is 12.5. The number of benzene rings is 3. The van der Waals surface area contributed by atoms with E-state index in [1.165, 1.54) is 18.4 Å². The van der Waals surface area contributed by atoms with Crippen LogP contribution in [0.4, 0.5) is 5.13 Å². The summed E-state index contributed by atoms with van der Waals surface area (Å²) in [6.07, 6.45) is 0. The van der Waals surface area contributed by atoms with E-state index in [4.69, 9.17) is 9.82 Å². The van der Waals surface area contributed by atoms with E-state index in [0.29, 0.717) is 10.8 Å². The Bertz CT molecular complexity index is 1220. The molecule has 4 rings (SSSR count). The molecule has 0 saturated heterocycles. The molecule has 0 unspecified atom stereocenters. The lowest BCUT2D eigenvalue weighted by atomic mass is 9.77. The third-order valence-corrected chi connectivity index (χ3v) is 6.24. The van der Waals surface area contributed by atoms with E-state index in [9.17, 15) is 4.79 Å². The van der Waals surface area contributed by atoms with Crippen LogP contribution in [0.2, 0.25) is 0 Å². The van der Waals surface area contributed by atoms with Gasteiger partial charge in [-0.05, 0) is 37.5 Å². The SMILES string of the molecule is CON=C(C(=O)[N]C(C)(C)C)c1csc(NC(c2ccccc2)(c2ccccc2)c2ccccc2)n1. The van der Waals surface area contributed by atoms with Crippen LogP contribution >= 0.6 is 11.3 Å². The molecule has 1 aromatic heterocycles. The van der Waals surface area contributed by atoms with Crippen molar-refractivity contribution < 1.29 is 9.63 Å². The minimum Gasteiger partial charge on any atom is -0.398 e. The van der Waals surface area contributed by atoms with Crippen LogP contribution in [0, 0.1) is 0 Å². The fourth-order valence-corrected chi connectivity index (χ4v) is 4.78. The monoisotopic (exact) mass is 497 g/mol. The molecule has 0 saturated carbocycles. The van der Waals surface area contributed by atoms with Gasteiger partial charge in [0.1, 0.15) is 18.3 Å². The second kappa shape index (κ2) is 10.7. The Morgan fingerprint density at radius 1 is 0.833 bits per heavy atom. The number of carbonyl (C=O) groups is 1. The zero-order valence-electron chi connectivity index (χ0n) is 20.8. The van der Waals surface area contributed by atoms with Crippen molar-refractivity contribution in [3.63, 3.8) is 0 Å². The van der Waals surface area contributed by atoms with E-state index in [0.717, 1.165) is 16.7 Å². The van der Waals surface area contributed by atoms with E-state index < -0.39 is 17.0 Å². The van der Waals surface area contributed by atoms with Gasteiger partial charge >= 0.3 is 0 Å². The minimum absolute atomic E-state index is 0.0708. The third-order valence-electron chi connectivity index (χ3n) is 5.48. The number of hydrogen-bond acceptors (Lipinski definition) is 6. The van der Waals surface area contributed by atoms with Crippen LogP contribution in [0.25, 0.3) is 0 Å². The highest BCUT2D eigenvalue weighted by atomic mass is 32.1. The van der Waals surface area contributed by atoms with Crippen molar-refractivity contribution in [2.45, 2.75) is 31.8 Å². The predicted molar refractivity (Wildman–Crippen MR) is 145 cm³/mol. The highest BCUT2D eigenvalue weighted by Gasteiger charge is 2.37. The molecule has 3 aromatic carbocycles. The van der Waals surface area contributed by atoms with Crippen LogP contribution in [0.1, 0.15) is 43.2 Å². The molecule has 6 nitrogen and oxygen atoms in total. The molecular formula is C29H29N4O2S. The van der Waals surface area contributed by atoms with Crippen LogP contribution in [-0.2, 0) is 15.2 Å². The van der Waals surface area contributed by atoms with E-state index in [-0.39, 0.29) is 5.71 Å². The molecule has 4 aromatic rings. The Hall–Kier alpha value is -3.97. The maximum Gasteiger partial charge on any atom is 0.297 e. The Morgan fingerprint density at radius 3 is 1.72 bits per heavy atom. The third kappa shape index (κ3) is 5.47. The number of nitrogens with zero attached hydrogens (tertiary/aromatic N) is 3. The smallest absolute Gasteiger partial charge is 0.297 e. The van der Waals surface area contributed by atoms with Gasteiger partial charge in [0, 0.05) is 5.38 Å². The molecule has 36 heavy (non-hydrogen) atoms. The standard InChI is InChI=1S/C29H29N4O2S/c1-28(2,3)31-26(34)25(33-35-4)24-20-36-27(30-24)32-29(21-14-8-5-9-15-21,22-16-10-6-11-17-22)23-18-12-7-13-19-23/h5-20H,1-4H3,(H,30,32). The maximum atomic E-state index is 12.9. The van der Waals surface area contributed by atoms with Crippen molar-refractivity contribution in [2.75, 3.05) is 12.4 Å². The molecule has 0 bridgehead atoms. The van der Waals surface area contributed by atoms with Gasteiger partial charge in [-0.25, -0.2) is 10.3 Å². The van der Waals surface area contributed by atoms with Crippen LogP contribution < -0.4 is 10.6 Å². The molecule has 0 aliphatic rings. The quantitative estimate of drug-likeness (QED) is 0.189. The summed E-state index contributed by atoms with van der Waals surface area (Å²) in [5, 5.41) is 14.3. The van der Waals surface area contributed by atoms with Gasteiger partial charge < -0.3 is 10.2 Å². The molecule has 0 spiro atoms. The molecule has 1 N–H and O–H groups in total. The molecule has 1 heterocycles. The van der Waals surface area contributed by atoms with Crippen molar-refractivity contribution in [3.05, 3.63) is 119 Å². The maximum absolute atomic E-state index is 12.9. The summed E-state index contributed by atoms with van der Waals surface area (Å²) in [6, 6.07) is 30.8. The second-order valence-electron chi connectivity index (χ2n) is 9.22. The molecule has 1 amide bonds. The van der Waals surface area contributed by atoms with Crippen LogP contribution in [0.5, 0.6) is 0 Å². The first-order valence-electron chi connectivity index (χ1n) is 11.6. The van der Waals surface area contributed by atoms with Crippen molar-refractivity contribution in [3.8, 4) is 0 Å². The average molecular weight is 498 g/mol. The lowest BCUT2D eigenvalue weighted by Crippen LogP contribution is -2.39. The van der Waals surface area contributed by atoms with Crippen LogP contribution in [-0.4, -0.2) is 29.3 Å². The molecule has 0 fully saturated rings. The number of amides is 1. The van der Waals surface area contributed by atoms with Crippen LogP contribution in [0.15, 0.2) is 102 Å². The fraction of sp³-hybridized carbons (Fsp3) is 0.207. The molecule has 1 radical (unpaired) electrons. The van der Waals surface area contributed by atoms with Gasteiger partial charge in [-0.2, -0.15) is 0 Å². The van der Waals surface area contributed by atoms with Gasteiger partial charge in [0.25, 0.3) is 5.91 Å². The van der Waals surface area contributed by atoms with Crippen molar-refractivity contribution in [1.29, 1.82) is 0 Å². The highest BCUT2D eigenvalue weighted by Crippen LogP contribution is 2.40. The van der Waals surface area contributed by atoms with Crippen LogP contribution in [0.3, 0.4) is 0 Å². The Morgan fingerprint density at radius 2 is 1.31 bits per heavy atom. The summed E-state index contributed by atoms with van der Waals surface area (Å²) in [5.74, 6) is -0.471. The number of oxime groups is 1. The molecule has 0 aliphatic carbocycles. The molecule has 7 heteroatoms. The van der Waals surface area contributed by atoms with Crippen molar-refractivity contribution >= 4 is 28.1 Å². The molecule has 183 valence electrons. The normalized spacial score (nSPS) is 12.2. The Labute approximate surface area is 216 Å². The van der Waals surface area contributed by atoms with E-state index in [1.807, 2.05) is 75.4 Å². The van der Waals surface area contributed by atoms with E-state index in [2.05, 4.69) is 52.2 Å². The summed E-state index contributed by atoms with van der Waals surface area (Å²) < 4.78 is 0. The number of hydrogen-bond donors (Lipinski definition) is 1. The molecular weight excluding hydrogens is 468 g/mol. The van der Waals surface area contributed by atoms with Gasteiger partial charge in [0.2, 0.25) is 0 Å². The largest absolute Gasteiger partial charge is 0.398 e. The molecule has 0 aliphatic heterocycles. The summed E-state index contributed by atoms with van der Waals surface area (Å²) in [5.41, 5.74) is 2.38. The van der Waals surface area contributed by atoms with E-state index in [1.54, 1.807) is 5.38 Å². The summed E-state index contributed by atoms with van der Waals surface area (Å²) in [7, 11) is 1.40. The zero-order chi connectivity index (χ0) is 25.6. The number of rotatable bonds is 8.